The van der Waals surface area contributed by atoms with Crippen molar-refractivity contribution in [3.63, 3.8) is 0 Å². The van der Waals surface area contributed by atoms with Crippen molar-refractivity contribution in [1.82, 2.24) is 10.6 Å². The Balaban J connectivity index is -0.000000372. The van der Waals surface area contributed by atoms with Gasteiger partial charge in [0.15, 0.2) is 0 Å². The van der Waals surface area contributed by atoms with E-state index in [9.17, 15) is 0 Å². The lowest BCUT2D eigenvalue weighted by Gasteiger charge is -2.29. The minimum atomic E-state index is 0.472. The summed E-state index contributed by atoms with van der Waals surface area (Å²) in [5.74, 6) is 1.90. The Morgan fingerprint density at radius 3 is 1.38 bits per heavy atom. The van der Waals surface area contributed by atoms with Crippen LogP contribution in [-0.4, -0.2) is 39.3 Å². The molecule has 4 heteroatoms. The van der Waals surface area contributed by atoms with Crippen LogP contribution >= 0.6 is 0 Å². The highest BCUT2D eigenvalue weighted by Crippen LogP contribution is 2.25. The van der Waals surface area contributed by atoms with E-state index in [0.29, 0.717) is 22.3 Å². The van der Waals surface area contributed by atoms with E-state index in [4.69, 9.17) is 11.5 Å². The van der Waals surface area contributed by atoms with Gasteiger partial charge in [0.1, 0.15) is 0 Å². The number of rotatable bonds is 6. The van der Waals surface area contributed by atoms with E-state index in [-0.39, 0.29) is 0 Å². The van der Waals surface area contributed by atoms with E-state index in [2.05, 4.69) is 79.9 Å². The van der Waals surface area contributed by atoms with Gasteiger partial charge in [0.25, 0.3) is 0 Å². The fourth-order valence-corrected chi connectivity index (χ4v) is 3.29. The van der Waals surface area contributed by atoms with Gasteiger partial charge >= 0.3 is 0 Å². The highest BCUT2D eigenvalue weighted by Gasteiger charge is 2.20. The van der Waals surface area contributed by atoms with Gasteiger partial charge in [-0.05, 0) is 106 Å². The Hall–Kier alpha value is -0.160. The molecule has 6 N–H and O–H groups in total. The van der Waals surface area contributed by atoms with E-state index >= 15 is 0 Å². The highest BCUT2D eigenvalue weighted by atomic mass is 14.9. The Bertz CT molecular complexity index is 381. The van der Waals surface area contributed by atoms with Gasteiger partial charge in [-0.25, -0.2) is 0 Å². The van der Waals surface area contributed by atoms with Crippen molar-refractivity contribution in [3.05, 3.63) is 0 Å². The van der Waals surface area contributed by atoms with Crippen LogP contribution in [0.3, 0.4) is 0 Å². The Labute approximate surface area is 217 Å². The third kappa shape index (κ3) is 34.0. The molecule has 34 heavy (non-hydrogen) atoms. The molecule has 2 fully saturated rings. The summed E-state index contributed by atoms with van der Waals surface area (Å²) in [7, 11) is 1.99. The molecule has 0 aromatic carbocycles. The normalized spacial score (nSPS) is 19.9. The summed E-state index contributed by atoms with van der Waals surface area (Å²) in [6, 6.07) is 0.542. The van der Waals surface area contributed by atoms with Gasteiger partial charge in [-0.3, -0.25) is 0 Å². The lowest BCUT2D eigenvalue weighted by atomic mass is 9.83. The molecule has 210 valence electrons. The Morgan fingerprint density at radius 2 is 1.24 bits per heavy atom. The van der Waals surface area contributed by atoms with Crippen LogP contribution in [0, 0.1) is 28.1 Å². The van der Waals surface area contributed by atoms with Gasteiger partial charge < -0.3 is 22.1 Å². The highest BCUT2D eigenvalue weighted by molar-refractivity contribution is 4.78. The molecule has 0 amide bonds. The van der Waals surface area contributed by atoms with Gasteiger partial charge in [0.2, 0.25) is 0 Å². The molecule has 0 aromatic heterocycles. The summed E-state index contributed by atoms with van der Waals surface area (Å²) in [6.07, 6.45) is 8.94. The van der Waals surface area contributed by atoms with Gasteiger partial charge in [-0.1, -0.05) is 83.1 Å². The second-order valence-electron chi connectivity index (χ2n) is 13.8. The fourth-order valence-electron chi connectivity index (χ4n) is 3.29. The van der Waals surface area contributed by atoms with Crippen molar-refractivity contribution in [3.8, 4) is 0 Å². The molecular weight excluding hydrogens is 416 g/mol. The van der Waals surface area contributed by atoms with Crippen molar-refractivity contribution in [2.75, 3.05) is 33.2 Å². The molecule has 0 unspecified atom stereocenters. The van der Waals surface area contributed by atoms with Crippen molar-refractivity contribution >= 4 is 0 Å². The van der Waals surface area contributed by atoms with Crippen molar-refractivity contribution in [2.45, 2.75) is 134 Å². The zero-order chi connectivity index (χ0) is 27.4. The first-order valence-corrected chi connectivity index (χ1v) is 14.3. The summed E-state index contributed by atoms with van der Waals surface area (Å²) < 4.78 is 0. The molecule has 0 spiro atoms. The van der Waals surface area contributed by atoms with Gasteiger partial charge in [-0.2, -0.15) is 0 Å². The summed E-state index contributed by atoms with van der Waals surface area (Å²) in [6.45, 7) is 31.2. The predicted molar refractivity (Wildman–Crippen MR) is 159 cm³/mol. The van der Waals surface area contributed by atoms with Gasteiger partial charge in [0, 0.05) is 6.04 Å². The van der Waals surface area contributed by atoms with Crippen LogP contribution in [0.25, 0.3) is 0 Å². The van der Waals surface area contributed by atoms with Crippen molar-refractivity contribution in [2.24, 2.45) is 39.5 Å². The molecule has 2 aliphatic rings. The molecule has 2 rings (SSSR count). The van der Waals surface area contributed by atoms with E-state index in [1.165, 1.54) is 51.6 Å². The SMILES string of the molecule is CC.CC(C)(C)CCC1CNC1.CC(C)(C)CCCN.CC1CC(N)C1.CNCCC(C)(C)C. The smallest absolute Gasteiger partial charge is 0.00439 e. The van der Waals surface area contributed by atoms with Crippen LogP contribution in [0.15, 0.2) is 0 Å². The number of nitrogens with one attached hydrogen (secondary N) is 2. The zero-order valence-electron chi connectivity index (χ0n) is 26.2. The van der Waals surface area contributed by atoms with Gasteiger partial charge in [-0.15, -0.1) is 0 Å². The standard InChI is InChI=1S/C9H19N.2C7H17N.C5H11N.C2H6/c1-9(2,3)5-4-8-6-10-7-8;1-7(2,3)5-6-8-4;1-7(2,3)5-4-6-8;1-4-2-5(6)3-4;1-2/h8,10H,4-7H2,1-3H3;8H,5-6H2,1-4H3;4-6,8H2,1-3H3;4-5H,2-3,6H2,1H3;1-2H3. The summed E-state index contributed by atoms with van der Waals surface area (Å²) >= 11 is 0. The van der Waals surface area contributed by atoms with Crippen LogP contribution in [0.5, 0.6) is 0 Å². The molecule has 1 aliphatic carbocycles. The largest absolute Gasteiger partial charge is 0.330 e. The number of hydrogen-bond donors (Lipinski definition) is 4. The first-order valence-electron chi connectivity index (χ1n) is 14.3. The molecule has 4 nitrogen and oxygen atoms in total. The van der Waals surface area contributed by atoms with Crippen LogP contribution in [0.4, 0.5) is 0 Å². The first-order chi connectivity index (χ1) is 15.5. The predicted octanol–water partition coefficient (Wildman–Crippen LogP) is 7.22. The van der Waals surface area contributed by atoms with Crippen LogP contribution in [0.2, 0.25) is 0 Å². The second kappa shape index (κ2) is 21.0. The minimum absolute atomic E-state index is 0.472. The maximum absolute atomic E-state index is 5.47. The lowest BCUT2D eigenvalue weighted by Crippen LogP contribution is -2.42. The average Bonchev–Trinajstić information content (AvgIpc) is 2.64. The van der Waals surface area contributed by atoms with E-state index in [1.807, 2.05) is 20.9 Å². The molecular formula is C30H70N4. The van der Waals surface area contributed by atoms with Crippen molar-refractivity contribution in [1.29, 1.82) is 0 Å². The third-order valence-electron chi connectivity index (χ3n) is 5.83. The third-order valence-corrected chi connectivity index (χ3v) is 5.83. The fraction of sp³-hybridized carbons (Fsp3) is 1.00. The number of nitrogens with two attached hydrogens (primary N) is 2. The van der Waals surface area contributed by atoms with Gasteiger partial charge in [0.05, 0.1) is 0 Å². The lowest BCUT2D eigenvalue weighted by molar-refractivity contribution is 0.264. The molecule has 0 aromatic rings. The molecule has 1 aliphatic heterocycles. The monoisotopic (exact) mass is 487 g/mol. The number of hydrogen-bond acceptors (Lipinski definition) is 4. The summed E-state index contributed by atoms with van der Waals surface area (Å²) in [4.78, 5) is 0. The van der Waals surface area contributed by atoms with Crippen LogP contribution in [-0.2, 0) is 0 Å². The molecule has 0 radical (unpaired) electrons. The Kier molecular flexibility index (Phi) is 23.7. The maximum atomic E-state index is 5.47. The van der Waals surface area contributed by atoms with E-state index in [0.717, 1.165) is 31.3 Å². The maximum Gasteiger partial charge on any atom is 0.00439 e. The summed E-state index contributed by atoms with van der Waals surface area (Å²) in [5, 5.41) is 6.42. The second-order valence-corrected chi connectivity index (χ2v) is 13.8. The Morgan fingerprint density at radius 1 is 0.794 bits per heavy atom. The molecule has 1 heterocycles. The molecule has 0 bridgehead atoms. The molecule has 1 saturated carbocycles. The van der Waals surface area contributed by atoms with E-state index in [1.54, 1.807) is 0 Å². The molecule has 0 atom stereocenters. The first kappa shape index (κ1) is 38.4. The summed E-state index contributed by atoms with van der Waals surface area (Å²) in [5.41, 5.74) is 12.3. The van der Waals surface area contributed by atoms with Crippen LogP contribution < -0.4 is 22.1 Å². The zero-order valence-corrected chi connectivity index (χ0v) is 26.2. The van der Waals surface area contributed by atoms with Crippen LogP contribution in [0.1, 0.15) is 128 Å². The quantitative estimate of drug-likeness (QED) is 0.320. The molecule has 1 saturated heterocycles. The van der Waals surface area contributed by atoms with Crippen molar-refractivity contribution < 1.29 is 0 Å². The average molecular weight is 487 g/mol. The topological polar surface area (TPSA) is 76.1 Å². The van der Waals surface area contributed by atoms with E-state index < -0.39 is 0 Å². The minimum Gasteiger partial charge on any atom is -0.330 e.